The number of nitrogens with zero attached hydrogens (tertiary/aromatic N) is 1. The fourth-order valence-corrected chi connectivity index (χ4v) is 2.47. The van der Waals surface area contributed by atoms with Gasteiger partial charge in [-0.3, -0.25) is 4.79 Å². The summed E-state index contributed by atoms with van der Waals surface area (Å²) in [6, 6.07) is 9.51. The number of pyridine rings is 1. The molecule has 0 radical (unpaired) electrons. The molecule has 1 aromatic carbocycles. The molecule has 4 nitrogen and oxygen atoms in total. The highest BCUT2D eigenvalue weighted by Crippen LogP contribution is 2.33. The molecule has 22 heavy (non-hydrogen) atoms. The monoisotopic (exact) mass is 363 g/mol. The number of hydrogen-bond donors (Lipinski definition) is 0. The van der Waals surface area contributed by atoms with Crippen LogP contribution in [0.3, 0.4) is 0 Å². The van der Waals surface area contributed by atoms with Crippen molar-refractivity contribution in [3.8, 4) is 11.5 Å². The first kappa shape index (κ1) is 16.5. The molecule has 0 saturated heterocycles. The first-order chi connectivity index (χ1) is 10.3. The standard InChI is InChI=1S/C17H18NO3.BrH/c1-2-13-10-16-17(21-9-8-20-16)11-14(13)15(19)12-18-6-4-3-5-7-18;/h3-7,10-11H,2,8-9,12H2,1H3;1H/q+1;/p-1. The minimum absolute atomic E-state index is 0. The number of benzene rings is 1. The predicted octanol–water partition coefficient (Wildman–Crippen LogP) is -0.805. The van der Waals surface area contributed by atoms with Crippen molar-refractivity contribution in [2.45, 2.75) is 19.9 Å². The fourth-order valence-electron chi connectivity index (χ4n) is 2.47. The van der Waals surface area contributed by atoms with E-state index in [1.807, 2.05) is 54.2 Å². The first-order valence-corrected chi connectivity index (χ1v) is 7.17. The Kier molecular flexibility index (Phi) is 5.55. The lowest BCUT2D eigenvalue weighted by atomic mass is 10.00. The van der Waals surface area contributed by atoms with Gasteiger partial charge in [-0.2, -0.15) is 4.57 Å². The van der Waals surface area contributed by atoms with Gasteiger partial charge in [-0.25, -0.2) is 0 Å². The second-order valence-corrected chi connectivity index (χ2v) is 4.98. The lowest BCUT2D eigenvalue weighted by Gasteiger charge is -2.20. The van der Waals surface area contributed by atoms with E-state index in [1.165, 1.54) is 0 Å². The lowest BCUT2D eigenvalue weighted by Crippen LogP contribution is -3.00. The van der Waals surface area contributed by atoms with Crippen LogP contribution in [0.25, 0.3) is 0 Å². The Morgan fingerprint density at radius 2 is 1.73 bits per heavy atom. The van der Waals surface area contributed by atoms with Gasteiger partial charge in [0.15, 0.2) is 23.9 Å². The van der Waals surface area contributed by atoms with Gasteiger partial charge in [0.1, 0.15) is 13.2 Å². The number of fused-ring (bicyclic) bond motifs is 1. The van der Waals surface area contributed by atoms with E-state index in [-0.39, 0.29) is 22.8 Å². The zero-order valence-corrected chi connectivity index (χ0v) is 14.0. The molecule has 1 aliphatic rings. The molecule has 2 heterocycles. The van der Waals surface area contributed by atoms with Gasteiger partial charge in [-0.05, 0) is 24.1 Å². The summed E-state index contributed by atoms with van der Waals surface area (Å²) in [5, 5.41) is 0. The molecule has 0 unspecified atom stereocenters. The van der Waals surface area contributed by atoms with Crippen LogP contribution in [0.1, 0.15) is 22.8 Å². The molecule has 0 spiro atoms. The number of carbonyl (C=O) groups is 1. The van der Waals surface area contributed by atoms with Crippen LogP contribution in [0.2, 0.25) is 0 Å². The third-order valence-electron chi connectivity index (χ3n) is 3.55. The van der Waals surface area contributed by atoms with Crippen LogP contribution in [0.15, 0.2) is 42.7 Å². The molecule has 5 heteroatoms. The van der Waals surface area contributed by atoms with Crippen molar-refractivity contribution in [3.05, 3.63) is 53.9 Å². The van der Waals surface area contributed by atoms with Crippen LogP contribution >= 0.6 is 0 Å². The zero-order chi connectivity index (χ0) is 14.7. The summed E-state index contributed by atoms with van der Waals surface area (Å²) >= 11 is 0. The van der Waals surface area contributed by atoms with Gasteiger partial charge >= 0.3 is 0 Å². The van der Waals surface area contributed by atoms with Crippen molar-refractivity contribution in [1.82, 2.24) is 0 Å². The van der Waals surface area contributed by atoms with Crippen molar-refractivity contribution in [1.29, 1.82) is 0 Å². The van der Waals surface area contributed by atoms with Gasteiger partial charge in [0.25, 0.3) is 0 Å². The Bertz CT molecular complexity index is 658. The maximum absolute atomic E-state index is 12.6. The molecule has 0 atom stereocenters. The summed E-state index contributed by atoms with van der Waals surface area (Å²) in [6.07, 6.45) is 4.57. The molecule has 0 N–H and O–H groups in total. The Morgan fingerprint density at radius 1 is 1.09 bits per heavy atom. The van der Waals surface area contributed by atoms with Gasteiger partial charge in [0.2, 0.25) is 12.3 Å². The van der Waals surface area contributed by atoms with E-state index in [0.717, 1.165) is 23.3 Å². The SMILES string of the molecule is CCc1cc2c(cc1C(=O)C[n+]1ccccc1)OCCO2.[Br-]. The van der Waals surface area contributed by atoms with Crippen LogP contribution in [-0.4, -0.2) is 19.0 Å². The zero-order valence-electron chi connectivity index (χ0n) is 12.4. The van der Waals surface area contributed by atoms with E-state index in [0.29, 0.717) is 25.5 Å². The first-order valence-electron chi connectivity index (χ1n) is 7.17. The quantitative estimate of drug-likeness (QED) is 0.527. The van der Waals surface area contributed by atoms with Crippen molar-refractivity contribution in [3.63, 3.8) is 0 Å². The number of hydrogen-bond acceptors (Lipinski definition) is 3. The van der Waals surface area contributed by atoms with Gasteiger partial charge in [0.05, 0.1) is 0 Å². The van der Waals surface area contributed by atoms with Gasteiger partial charge in [-0.1, -0.05) is 13.0 Å². The van der Waals surface area contributed by atoms with E-state index in [9.17, 15) is 4.79 Å². The summed E-state index contributed by atoms with van der Waals surface area (Å²) in [6.45, 7) is 3.45. The average molecular weight is 364 g/mol. The number of halogens is 1. The van der Waals surface area contributed by atoms with E-state index in [2.05, 4.69) is 0 Å². The van der Waals surface area contributed by atoms with E-state index >= 15 is 0 Å². The molecular formula is C17H18BrNO3. The smallest absolute Gasteiger partial charge is 0.227 e. The number of ketones is 1. The predicted molar refractivity (Wildman–Crippen MR) is 77.8 cm³/mol. The van der Waals surface area contributed by atoms with Crippen LogP contribution in [0.4, 0.5) is 0 Å². The third-order valence-corrected chi connectivity index (χ3v) is 3.55. The van der Waals surface area contributed by atoms with Crippen LogP contribution in [0, 0.1) is 0 Å². The van der Waals surface area contributed by atoms with Crippen molar-refractivity contribution >= 4 is 5.78 Å². The maximum atomic E-state index is 12.6. The molecule has 0 bridgehead atoms. The second-order valence-electron chi connectivity index (χ2n) is 4.98. The molecule has 0 saturated carbocycles. The number of ether oxygens (including phenoxy) is 2. The Labute approximate surface area is 140 Å². The topological polar surface area (TPSA) is 39.4 Å². The van der Waals surface area contributed by atoms with Gasteiger partial charge in [0, 0.05) is 17.7 Å². The minimum atomic E-state index is 0. The molecule has 3 rings (SSSR count). The molecule has 0 fully saturated rings. The average Bonchev–Trinajstić information content (AvgIpc) is 2.54. The molecule has 0 aliphatic carbocycles. The summed E-state index contributed by atoms with van der Waals surface area (Å²) in [4.78, 5) is 12.6. The molecule has 2 aromatic rings. The maximum Gasteiger partial charge on any atom is 0.227 e. The molecular weight excluding hydrogens is 346 g/mol. The molecule has 1 aliphatic heterocycles. The molecule has 0 amide bonds. The van der Waals surface area contributed by atoms with Crippen LogP contribution < -0.4 is 31.0 Å². The Morgan fingerprint density at radius 3 is 2.36 bits per heavy atom. The summed E-state index contributed by atoms with van der Waals surface area (Å²) < 4.78 is 13.0. The minimum Gasteiger partial charge on any atom is -1.00 e. The van der Waals surface area contributed by atoms with Crippen molar-refractivity contribution < 1.29 is 35.8 Å². The Hall–Kier alpha value is -1.88. The largest absolute Gasteiger partial charge is 1.00 e. The number of carbonyl (C=O) groups excluding carboxylic acids is 1. The highest BCUT2D eigenvalue weighted by molar-refractivity contribution is 5.97. The van der Waals surface area contributed by atoms with Crippen LogP contribution in [0.5, 0.6) is 11.5 Å². The summed E-state index contributed by atoms with van der Waals surface area (Å²) in [5.74, 6) is 1.49. The number of rotatable bonds is 4. The second kappa shape index (κ2) is 7.40. The van der Waals surface area contributed by atoms with E-state index in [1.54, 1.807) is 0 Å². The van der Waals surface area contributed by atoms with Crippen molar-refractivity contribution in [2.75, 3.05) is 13.2 Å². The van der Waals surface area contributed by atoms with Gasteiger partial charge < -0.3 is 26.5 Å². The number of aryl methyl sites for hydroxylation is 1. The lowest BCUT2D eigenvalue weighted by molar-refractivity contribution is -0.683. The molecule has 116 valence electrons. The third kappa shape index (κ3) is 3.47. The van der Waals surface area contributed by atoms with Crippen LogP contribution in [-0.2, 0) is 13.0 Å². The van der Waals surface area contributed by atoms with E-state index < -0.39 is 0 Å². The summed E-state index contributed by atoms with van der Waals surface area (Å²) in [7, 11) is 0. The number of Topliss-reactive ketones (excluding diaryl/α,β-unsaturated/α-hetero) is 1. The highest BCUT2D eigenvalue weighted by atomic mass is 79.9. The molecule has 1 aromatic heterocycles. The summed E-state index contributed by atoms with van der Waals surface area (Å²) in [5.41, 5.74) is 1.72. The normalized spacial score (nSPS) is 12.4. The fraction of sp³-hybridized carbons (Fsp3) is 0.294. The van der Waals surface area contributed by atoms with Crippen molar-refractivity contribution in [2.24, 2.45) is 0 Å². The Balaban J connectivity index is 0.00000176. The van der Waals surface area contributed by atoms with Gasteiger partial charge in [-0.15, -0.1) is 0 Å². The number of aromatic nitrogens is 1. The highest BCUT2D eigenvalue weighted by Gasteiger charge is 2.21. The van der Waals surface area contributed by atoms with E-state index in [4.69, 9.17) is 9.47 Å².